The van der Waals surface area contributed by atoms with Gasteiger partial charge in [0, 0.05) is 12.8 Å². The van der Waals surface area contributed by atoms with Crippen LogP contribution < -0.4 is 5.32 Å². The summed E-state index contributed by atoms with van der Waals surface area (Å²) in [7, 11) is 0. The zero-order chi connectivity index (χ0) is 67.0. The van der Waals surface area contributed by atoms with Gasteiger partial charge in [-0.3, -0.25) is 9.59 Å². The minimum atomic E-state index is -0.842. The fourth-order valence-electron chi connectivity index (χ4n) is 13.9. The first kappa shape index (κ1) is 91.3. The number of hydrogen-bond acceptors (Lipinski definition) is 5. The van der Waals surface area contributed by atoms with Gasteiger partial charge in [-0.2, -0.15) is 0 Å². The van der Waals surface area contributed by atoms with Crippen molar-refractivity contribution in [3.05, 3.63) is 24.3 Å². The molecule has 0 aliphatic heterocycles. The Morgan fingerprint density at radius 3 is 0.763 bits per heavy atom. The highest BCUT2D eigenvalue weighted by molar-refractivity contribution is 5.76. The molecule has 93 heavy (non-hydrogen) atoms. The molecule has 6 heteroatoms. The summed E-state index contributed by atoms with van der Waals surface area (Å²) in [4.78, 5) is 24.7. The van der Waals surface area contributed by atoms with Crippen LogP contribution in [-0.4, -0.2) is 47.4 Å². The molecule has 0 rings (SSSR count). The van der Waals surface area contributed by atoms with Crippen LogP contribution in [0.2, 0.25) is 0 Å². The lowest BCUT2D eigenvalue weighted by molar-refractivity contribution is -0.143. The average Bonchev–Trinajstić information content (AvgIpc) is 3.78. The Morgan fingerprint density at radius 1 is 0.290 bits per heavy atom. The van der Waals surface area contributed by atoms with Crippen LogP contribution in [0.25, 0.3) is 0 Å². The fraction of sp³-hybridized carbons (Fsp3) is 0.931. The largest absolute Gasteiger partial charge is 0.466 e. The van der Waals surface area contributed by atoms with Crippen LogP contribution in [0.3, 0.4) is 0 Å². The van der Waals surface area contributed by atoms with Crippen molar-refractivity contribution < 1.29 is 24.5 Å². The maximum absolute atomic E-state index is 12.5. The molecule has 0 saturated carbocycles. The molecule has 1 amide bonds. The molecule has 0 aromatic carbocycles. The van der Waals surface area contributed by atoms with Gasteiger partial charge in [0.2, 0.25) is 5.91 Å². The summed E-state index contributed by atoms with van der Waals surface area (Å²) in [6.07, 6.45) is 108. The predicted molar refractivity (Wildman–Crippen MR) is 412 cm³/mol. The topological polar surface area (TPSA) is 95.9 Å². The Kier molecular flexibility index (Phi) is 81.3. The van der Waals surface area contributed by atoms with Crippen LogP contribution in [-0.2, 0) is 14.3 Å². The molecule has 3 N–H and O–H groups in total. The van der Waals surface area contributed by atoms with E-state index in [4.69, 9.17) is 4.74 Å². The van der Waals surface area contributed by atoms with Gasteiger partial charge in [0.1, 0.15) is 0 Å². The zero-order valence-electron chi connectivity index (χ0n) is 63.5. The number of aliphatic hydroxyl groups excluding tert-OH is 2. The van der Waals surface area contributed by atoms with Gasteiger partial charge in [-0.15, -0.1) is 0 Å². The molecule has 0 heterocycles. The van der Waals surface area contributed by atoms with E-state index in [2.05, 4.69) is 31.3 Å². The highest BCUT2D eigenvalue weighted by Gasteiger charge is 2.18. The average molecular weight is 1310 g/mol. The van der Waals surface area contributed by atoms with Crippen molar-refractivity contribution >= 4 is 11.9 Å². The van der Waals surface area contributed by atoms with Gasteiger partial charge in [0.05, 0.1) is 25.4 Å². The molecule has 0 aliphatic rings. The number of ether oxygens (including phenoxy) is 1. The number of amides is 1. The van der Waals surface area contributed by atoms with Gasteiger partial charge >= 0.3 is 5.97 Å². The molecule has 0 aromatic heterocycles. The Morgan fingerprint density at radius 2 is 0.505 bits per heavy atom. The van der Waals surface area contributed by atoms with Gasteiger partial charge < -0.3 is 20.3 Å². The molecule has 2 atom stereocenters. The molecule has 6 nitrogen and oxygen atoms in total. The molecule has 0 radical (unpaired) electrons. The summed E-state index contributed by atoms with van der Waals surface area (Å²) in [6.45, 7) is 4.97. The van der Waals surface area contributed by atoms with Crippen LogP contribution >= 0.6 is 0 Å². The molecular formula is C87H169NO5. The van der Waals surface area contributed by atoms with Crippen molar-refractivity contribution in [2.24, 2.45) is 0 Å². The van der Waals surface area contributed by atoms with E-state index < -0.39 is 12.1 Å². The zero-order valence-corrected chi connectivity index (χ0v) is 63.5. The van der Waals surface area contributed by atoms with Crippen molar-refractivity contribution in [3.63, 3.8) is 0 Å². The third-order valence-corrected chi connectivity index (χ3v) is 20.5. The van der Waals surface area contributed by atoms with E-state index in [9.17, 15) is 19.8 Å². The molecule has 0 saturated heterocycles. The fourth-order valence-corrected chi connectivity index (χ4v) is 13.9. The van der Waals surface area contributed by atoms with Gasteiger partial charge in [-0.25, -0.2) is 0 Å². The number of carbonyl (C=O) groups excluding carboxylic acids is 2. The van der Waals surface area contributed by atoms with Crippen LogP contribution in [0.5, 0.6) is 0 Å². The first-order valence-corrected chi connectivity index (χ1v) is 43.1. The number of rotatable bonds is 82. The number of hydrogen-bond donors (Lipinski definition) is 3. The molecule has 2 unspecified atom stereocenters. The van der Waals surface area contributed by atoms with Crippen molar-refractivity contribution in [1.82, 2.24) is 5.32 Å². The Balaban J connectivity index is 3.32. The van der Waals surface area contributed by atoms with E-state index in [1.807, 2.05) is 6.08 Å². The summed E-state index contributed by atoms with van der Waals surface area (Å²) >= 11 is 0. The van der Waals surface area contributed by atoms with Crippen LogP contribution in [0.4, 0.5) is 0 Å². The number of esters is 1. The smallest absolute Gasteiger partial charge is 0.305 e. The summed E-state index contributed by atoms with van der Waals surface area (Å²) in [5.74, 6) is -0.0310. The second-order valence-corrected chi connectivity index (χ2v) is 29.9. The third-order valence-electron chi connectivity index (χ3n) is 20.5. The van der Waals surface area contributed by atoms with Crippen LogP contribution in [0, 0.1) is 0 Å². The molecular weight excluding hydrogens is 1140 g/mol. The van der Waals surface area contributed by atoms with Crippen molar-refractivity contribution in [3.8, 4) is 0 Å². The number of carbonyl (C=O) groups is 2. The summed E-state index contributed by atoms with van der Waals surface area (Å²) in [5.41, 5.74) is 0. The highest BCUT2D eigenvalue weighted by atomic mass is 16.5. The Bertz CT molecular complexity index is 1460. The van der Waals surface area contributed by atoms with Crippen LogP contribution in [0.15, 0.2) is 24.3 Å². The summed E-state index contributed by atoms with van der Waals surface area (Å²) in [5, 5.41) is 23.3. The molecule has 0 fully saturated rings. The molecule has 552 valence electrons. The number of aliphatic hydroxyl groups is 2. The monoisotopic (exact) mass is 1310 g/mol. The first-order chi connectivity index (χ1) is 46.0. The third kappa shape index (κ3) is 79.2. The van der Waals surface area contributed by atoms with Crippen molar-refractivity contribution in [2.45, 2.75) is 508 Å². The molecule has 0 aliphatic carbocycles. The minimum absolute atomic E-state index is 0.0279. The lowest BCUT2D eigenvalue weighted by atomic mass is 10.0. The lowest BCUT2D eigenvalue weighted by Gasteiger charge is -2.20. The highest BCUT2D eigenvalue weighted by Crippen LogP contribution is 2.21. The Hall–Kier alpha value is -1.66. The van der Waals surface area contributed by atoms with E-state index in [1.165, 1.54) is 430 Å². The van der Waals surface area contributed by atoms with Crippen molar-refractivity contribution in [1.29, 1.82) is 0 Å². The summed E-state index contributed by atoms with van der Waals surface area (Å²) in [6, 6.07) is -0.625. The standard InChI is InChI=1S/C87H169NO5/c1-3-5-7-9-11-13-15-17-19-21-44-47-51-55-59-63-67-71-75-79-85(90)84(83-89)88-86(91)80-76-72-68-64-60-56-52-48-45-42-40-38-36-34-32-30-28-26-24-23-25-27-29-31-33-35-37-39-41-43-46-50-54-58-62-66-70-74-78-82-93-87(92)81-77-73-69-65-61-57-53-49-22-20-18-16-14-12-10-8-6-4-2/h23-24,75,79,84-85,89-90H,3-22,25-74,76-78,80-83H2,1-2H3,(H,88,91)/b24-23-,79-75+. The van der Waals surface area contributed by atoms with Gasteiger partial charge in [0.15, 0.2) is 0 Å². The number of nitrogens with one attached hydrogen (secondary N) is 1. The summed E-state index contributed by atoms with van der Waals surface area (Å²) < 4.78 is 5.52. The van der Waals surface area contributed by atoms with E-state index >= 15 is 0 Å². The van der Waals surface area contributed by atoms with Crippen molar-refractivity contribution in [2.75, 3.05) is 13.2 Å². The predicted octanol–water partition coefficient (Wildman–Crippen LogP) is 28.8. The van der Waals surface area contributed by atoms with Gasteiger partial charge in [-0.05, 0) is 57.8 Å². The molecule has 0 aromatic rings. The second-order valence-electron chi connectivity index (χ2n) is 29.9. The number of allylic oxidation sites excluding steroid dienone is 3. The maximum atomic E-state index is 12.5. The van der Waals surface area contributed by atoms with E-state index in [1.54, 1.807) is 6.08 Å². The number of unbranched alkanes of at least 4 members (excludes halogenated alkanes) is 69. The Labute approximate surface area is 583 Å². The second kappa shape index (κ2) is 82.8. The maximum Gasteiger partial charge on any atom is 0.305 e. The van der Waals surface area contributed by atoms with E-state index in [0.717, 1.165) is 38.5 Å². The quantitative estimate of drug-likeness (QED) is 0.0320. The van der Waals surface area contributed by atoms with Crippen LogP contribution in [0.1, 0.15) is 495 Å². The van der Waals surface area contributed by atoms with E-state index in [-0.39, 0.29) is 18.5 Å². The first-order valence-electron chi connectivity index (χ1n) is 43.1. The molecule has 0 spiro atoms. The molecule has 0 bridgehead atoms. The minimum Gasteiger partial charge on any atom is -0.466 e. The van der Waals surface area contributed by atoms with Gasteiger partial charge in [0.25, 0.3) is 0 Å². The van der Waals surface area contributed by atoms with Gasteiger partial charge in [-0.1, -0.05) is 449 Å². The normalized spacial score (nSPS) is 12.5. The SMILES string of the molecule is CCCCCCCCCCCCCCCCCCC/C=C/C(O)C(CO)NC(=O)CCCCCCCCCCCCCCCCCCC/C=C\CCCCCCCCCCCCCCCCCCCCOC(=O)CCCCCCCCCCCCCCCCCCCC. The lowest BCUT2D eigenvalue weighted by Crippen LogP contribution is -2.45. The van der Waals surface area contributed by atoms with E-state index in [0.29, 0.717) is 19.4 Å².